The molecule has 0 aliphatic rings. The lowest BCUT2D eigenvalue weighted by Gasteiger charge is -2.11. The van der Waals surface area contributed by atoms with Gasteiger partial charge in [0.2, 0.25) is 0 Å². The molecule has 0 saturated heterocycles. The molecule has 0 aliphatic heterocycles. The molecule has 8 heteroatoms. The van der Waals surface area contributed by atoms with Gasteiger partial charge in [-0.15, -0.1) is 0 Å². The highest BCUT2D eigenvalue weighted by molar-refractivity contribution is 6.30. The third-order valence-electron chi connectivity index (χ3n) is 5.92. The number of halogens is 2. The number of nitrogens with one attached hydrogen (secondary N) is 1. The maximum atomic E-state index is 12.0. The minimum Gasteiger partial charge on any atom is -0.494 e. The number of imidazole rings is 1. The Kier molecular flexibility index (Phi) is 10.1. The Labute approximate surface area is 227 Å². The van der Waals surface area contributed by atoms with Crippen LogP contribution >= 0.6 is 23.2 Å². The summed E-state index contributed by atoms with van der Waals surface area (Å²) in [7, 11) is 0. The highest BCUT2D eigenvalue weighted by Gasteiger charge is 2.10. The van der Waals surface area contributed by atoms with Crippen molar-refractivity contribution in [2.75, 3.05) is 19.8 Å². The molecule has 0 radical (unpaired) electrons. The number of para-hydroxylation sites is 2. The van der Waals surface area contributed by atoms with Crippen molar-refractivity contribution in [3.63, 3.8) is 0 Å². The number of hydrogen-bond acceptors (Lipinski definition) is 4. The zero-order valence-corrected chi connectivity index (χ0v) is 22.2. The monoisotopic (exact) mass is 539 g/mol. The fourth-order valence-electron chi connectivity index (χ4n) is 4.05. The van der Waals surface area contributed by atoms with Crippen LogP contribution in [0, 0.1) is 0 Å². The van der Waals surface area contributed by atoms with Crippen LogP contribution < -0.4 is 14.8 Å². The Morgan fingerprint density at radius 2 is 1.49 bits per heavy atom. The predicted octanol–water partition coefficient (Wildman–Crippen LogP) is 6.72. The number of ether oxygens (including phenoxy) is 2. The van der Waals surface area contributed by atoms with E-state index in [1.54, 1.807) is 24.3 Å². The first-order valence-electron chi connectivity index (χ1n) is 12.6. The van der Waals surface area contributed by atoms with Crippen LogP contribution in [0.1, 0.15) is 31.5 Å². The lowest BCUT2D eigenvalue weighted by atomic mass is 10.2. The Morgan fingerprint density at radius 3 is 2.22 bits per heavy atom. The summed E-state index contributed by atoms with van der Waals surface area (Å²) in [5.41, 5.74) is 2.17. The highest BCUT2D eigenvalue weighted by atomic mass is 35.5. The number of unbranched alkanes of at least 4 members (excludes halogenated alkanes) is 2. The van der Waals surface area contributed by atoms with E-state index < -0.39 is 0 Å². The summed E-state index contributed by atoms with van der Waals surface area (Å²) in [4.78, 5) is 16.9. The Morgan fingerprint density at radius 1 is 0.811 bits per heavy atom. The lowest BCUT2D eigenvalue weighted by molar-refractivity contribution is -0.123. The summed E-state index contributed by atoms with van der Waals surface area (Å²) in [5, 5.41) is 4.25. The normalized spacial score (nSPS) is 11.0. The number of hydrogen-bond donors (Lipinski definition) is 1. The van der Waals surface area contributed by atoms with E-state index >= 15 is 0 Å². The van der Waals surface area contributed by atoms with Gasteiger partial charge < -0.3 is 19.4 Å². The van der Waals surface area contributed by atoms with Crippen LogP contribution in [0.5, 0.6) is 11.5 Å². The molecular formula is C29H31Cl2N3O3. The summed E-state index contributed by atoms with van der Waals surface area (Å²) >= 11 is 11.8. The Bertz CT molecular complexity index is 1270. The van der Waals surface area contributed by atoms with Gasteiger partial charge in [0.25, 0.3) is 5.91 Å². The highest BCUT2D eigenvalue weighted by Crippen LogP contribution is 2.20. The second kappa shape index (κ2) is 13.9. The van der Waals surface area contributed by atoms with Gasteiger partial charge in [-0.3, -0.25) is 4.79 Å². The van der Waals surface area contributed by atoms with Crippen molar-refractivity contribution >= 4 is 40.1 Å². The molecule has 0 atom stereocenters. The van der Waals surface area contributed by atoms with E-state index in [0.717, 1.165) is 61.3 Å². The largest absolute Gasteiger partial charge is 0.494 e. The predicted molar refractivity (Wildman–Crippen MR) is 149 cm³/mol. The van der Waals surface area contributed by atoms with Crippen molar-refractivity contribution in [2.45, 2.75) is 38.6 Å². The van der Waals surface area contributed by atoms with Gasteiger partial charge in [-0.1, -0.05) is 41.8 Å². The molecule has 0 unspecified atom stereocenters. The molecule has 0 aliphatic carbocycles. The zero-order chi connectivity index (χ0) is 25.9. The van der Waals surface area contributed by atoms with Crippen molar-refractivity contribution in [3.05, 3.63) is 88.7 Å². The average Bonchev–Trinajstić information content (AvgIpc) is 3.26. The molecule has 6 nitrogen and oxygen atoms in total. The summed E-state index contributed by atoms with van der Waals surface area (Å²) < 4.78 is 13.6. The third kappa shape index (κ3) is 8.41. The SMILES string of the molecule is O=C(COc1ccc(Cl)cc1)NCCCCCc1nc2ccccc2n1CCCOc1ccc(Cl)cc1. The topological polar surface area (TPSA) is 65.4 Å². The number of rotatable bonds is 14. The summed E-state index contributed by atoms with van der Waals surface area (Å²) in [6.45, 7) is 2.08. The molecule has 1 amide bonds. The molecule has 1 aromatic heterocycles. The number of carbonyl (C=O) groups excluding carboxylic acids is 1. The van der Waals surface area contributed by atoms with Gasteiger partial charge in [0, 0.05) is 29.6 Å². The van der Waals surface area contributed by atoms with Crippen LogP contribution in [0.2, 0.25) is 10.0 Å². The number of aryl methyl sites for hydroxylation is 2. The zero-order valence-electron chi connectivity index (χ0n) is 20.7. The molecule has 4 rings (SSSR count). The first-order chi connectivity index (χ1) is 18.1. The number of carbonyl (C=O) groups is 1. The molecule has 37 heavy (non-hydrogen) atoms. The minimum atomic E-state index is -0.127. The quantitative estimate of drug-likeness (QED) is 0.180. The number of fused-ring (bicyclic) bond motifs is 1. The molecule has 1 N–H and O–H groups in total. The van der Waals surface area contributed by atoms with Gasteiger partial charge in [-0.25, -0.2) is 4.98 Å². The van der Waals surface area contributed by atoms with Crippen molar-refractivity contribution < 1.29 is 14.3 Å². The number of aromatic nitrogens is 2. The average molecular weight is 540 g/mol. The molecule has 0 spiro atoms. The standard InChI is InChI=1S/C29H31Cl2N3O3/c30-22-10-14-24(15-11-22)36-20-6-19-34-27-8-4-3-7-26(27)33-28(34)9-2-1-5-18-32-29(35)21-37-25-16-12-23(31)13-17-25/h3-4,7-8,10-17H,1-2,5-6,9,18-21H2,(H,32,35). The minimum absolute atomic E-state index is 0.00656. The molecule has 0 bridgehead atoms. The number of amides is 1. The van der Waals surface area contributed by atoms with Crippen LogP contribution in [0.15, 0.2) is 72.8 Å². The van der Waals surface area contributed by atoms with E-state index in [1.165, 1.54) is 0 Å². The van der Waals surface area contributed by atoms with Crippen LogP contribution in [0.3, 0.4) is 0 Å². The maximum absolute atomic E-state index is 12.0. The van der Waals surface area contributed by atoms with Gasteiger partial charge in [-0.05, 0) is 79.9 Å². The van der Waals surface area contributed by atoms with Gasteiger partial charge in [0.05, 0.1) is 17.6 Å². The second-order valence-corrected chi connectivity index (χ2v) is 9.60. The molecule has 4 aromatic rings. The van der Waals surface area contributed by atoms with Crippen LogP contribution in [-0.2, 0) is 17.8 Å². The van der Waals surface area contributed by atoms with E-state index in [-0.39, 0.29) is 12.5 Å². The first kappa shape index (κ1) is 26.8. The van der Waals surface area contributed by atoms with Gasteiger partial charge in [0.15, 0.2) is 6.61 Å². The van der Waals surface area contributed by atoms with Crippen molar-refractivity contribution in [3.8, 4) is 11.5 Å². The molecule has 3 aromatic carbocycles. The smallest absolute Gasteiger partial charge is 0.257 e. The molecule has 0 saturated carbocycles. The van der Waals surface area contributed by atoms with Crippen LogP contribution in [-0.4, -0.2) is 35.2 Å². The summed E-state index contributed by atoms with van der Waals surface area (Å²) in [6.07, 6.45) is 4.67. The fraction of sp³-hybridized carbons (Fsp3) is 0.310. The lowest BCUT2D eigenvalue weighted by Crippen LogP contribution is -2.29. The van der Waals surface area contributed by atoms with Gasteiger partial charge in [-0.2, -0.15) is 0 Å². The van der Waals surface area contributed by atoms with Crippen LogP contribution in [0.4, 0.5) is 0 Å². The first-order valence-corrected chi connectivity index (χ1v) is 13.3. The maximum Gasteiger partial charge on any atom is 0.257 e. The summed E-state index contributed by atoms with van der Waals surface area (Å²) in [6, 6.07) is 22.6. The third-order valence-corrected chi connectivity index (χ3v) is 6.43. The van der Waals surface area contributed by atoms with E-state index in [4.69, 9.17) is 37.7 Å². The summed E-state index contributed by atoms with van der Waals surface area (Å²) in [5.74, 6) is 2.41. The molecule has 194 valence electrons. The van der Waals surface area contributed by atoms with E-state index in [1.807, 2.05) is 36.4 Å². The van der Waals surface area contributed by atoms with E-state index in [0.29, 0.717) is 28.9 Å². The fourth-order valence-corrected chi connectivity index (χ4v) is 4.30. The van der Waals surface area contributed by atoms with Crippen molar-refractivity contribution in [1.82, 2.24) is 14.9 Å². The second-order valence-electron chi connectivity index (χ2n) is 8.73. The number of benzene rings is 3. The Hall–Kier alpha value is -3.22. The number of nitrogens with zero attached hydrogens (tertiary/aromatic N) is 2. The molecule has 1 heterocycles. The van der Waals surface area contributed by atoms with E-state index in [9.17, 15) is 4.79 Å². The van der Waals surface area contributed by atoms with Crippen molar-refractivity contribution in [1.29, 1.82) is 0 Å². The van der Waals surface area contributed by atoms with Crippen molar-refractivity contribution in [2.24, 2.45) is 0 Å². The molecule has 0 fully saturated rings. The Balaban J connectivity index is 1.18. The van der Waals surface area contributed by atoms with Gasteiger partial charge >= 0.3 is 0 Å². The van der Waals surface area contributed by atoms with Crippen LogP contribution in [0.25, 0.3) is 11.0 Å². The van der Waals surface area contributed by atoms with E-state index in [2.05, 4.69) is 22.0 Å². The van der Waals surface area contributed by atoms with Gasteiger partial charge in [0.1, 0.15) is 17.3 Å². The molecular weight excluding hydrogens is 509 g/mol.